The molecule has 0 radical (unpaired) electrons. The Balaban J connectivity index is 1.79. The molecule has 120 valence electrons. The van der Waals surface area contributed by atoms with Crippen LogP contribution in [0.15, 0.2) is 47.5 Å². The summed E-state index contributed by atoms with van der Waals surface area (Å²) in [6.45, 7) is 0.570. The summed E-state index contributed by atoms with van der Waals surface area (Å²) in [5.41, 5.74) is 1.47. The van der Waals surface area contributed by atoms with Crippen molar-refractivity contribution in [3.05, 3.63) is 68.7 Å². The SMILES string of the molecule is O=[N+]([O-])c1ccc(O)c(C=NCCSCc2ccc(Cl)cc2)c1. The quantitative estimate of drug-likeness (QED) is 0.349. The average Bonchev–Trinajstić information content (AvgIpc) is 2.53. The van der Waals surface area contributed by atoms with Gasteiger partial charge in [-0.05, 0) is 23.8 Å². The maximum absolute atomic E-state index is 10.7. The molecule has 0 aliphatic carbocycles. The van der Waals surface area contributed by atoms with Gasteiger partial charge in [0.1, 0.15) is 5.75 Å². The van der Waals surface area contributed by atoms with Crippen molar-refractivity contribution in [1.82, 2.24) is 0 Å². The standard InChI is InChI=1S/C16H15ClN2O3S/c17-14-3-1-12(2-4-14)11-23-8-7-18-10-13-9-15(19(21)22)5-6-16(13)20/h1-6,9-10,20H,7-8,11H2. The van der Waals surface area contributed by atoms with Gasteiger partial charge in [0.15, 0.2) is 0 Å². The monoisotopic (exact) mass is 350 g/mol. The molecule has 5 nitrogen and oxygen atoms in total. The number of nitrogens with zero attached hydrogens (tertiary/aromatic N) is 2. The highest BCUT2D eigenvalue weighted by Gasteiger charge is 2.08. The van der Waals surface area contributed by atoms with Crippen LogP contribution >= 0.6 is 23.4 Å². The van der Waals surface area contributed by atoms with E-state index in [2.05, 4.69) is 4.99 Å². The number of phenols is 1. The number of hydrogen-bond donors (Lipinski definition) is 1. The molecule has 0 aromatic heterocycles. The van der Waals surface area contributed by atoms with Gasteiger partial charge in [0.05, 0.1) is 4.92 Å². The highest BCUT2D eigenvalue weighted by atomic mass is 35.5. The van der Waals surface area contributed by atoms with Crippen LogP contribution in [0.25, 0.3) is 0 Å². The van der Waals surface area contributed by atoms with Crippen molar-refractivity contribution in [2.45, 2.75) is 5.75 Å². The van der Waals surface area contributed by atoms with Gasteiger partial charge >= 0.3 is 0 Å². The predicted molar refractivity (Wildman–Crippen MR) is 94.8 cm³/mol. The molecular weight excluding hydrogens is 336 g/mol. The summed E-state index contributed by atoms with van der Waals surface area (Å²) >= 11 is 7.56. The molecule has 0 bridgehead atoms. The Hall–Kier alpha value is -2.05. The van der Waals surface area contributed by atoms with Crippen LogP contribution in [-0.4, -0.2) is 28.5 Å². The second kappa shape index (κ2) is 8.55. The van der Waals surface area contributed by atoms with Gasteiger partial charge in [-0.2, -0.15) is 11.8 Å². The lowest BCUT2D eigenvalue weighted by molar-refractivity contribution is -0.384. The average molecular weight is 351 g/mol. The Morgan fingerprint density at radius 3 is 2.70 bits per heavy atom. The Morgan fingerprint density at radius 2 is 2.00 bits per heavy atom. The van der Waals surface area contributed by atoms with Crippen molar-refractivity contribution in [1.29, 1.82) is 0 Å². The first-order chi connectivity index (χ1) is 11.1. The van der Waals surface area contributed by atoms with Gasteiger partial charge in [0.25, 0.3) is 5.69 Å². The Morgan fingerprint density at radius 1 is 1.26 bits per heavy atom. The van der Waals surface area contributed by atoms with Crippen molar-refractivity contribution < 1.29 is 10.0 Å². The maximum Gasteiger partial charge on any atom is 0.270 e. The number of halogens is 1. The van der Waals surface area contributed by atoms with E-state index in [1.165, 1.54) is 30.0 Å². The van der Waals surface area contributed by atoms with Crippen LogP contribution in [0.5, 0.6) is 5.75 Å². The number of non-ortho nitro benzene ring substituents is 1. The molecule has 0 saturated heterocycles. The molecule has 0 heterocycles. The molecule has 1 N–H and O–H groups in total. The number of nitro benzene ring substituents is 1. The molecule has 2 aromatic carbocycles. The molecule has 0 aliphatic rings. The number of aliphatic imine (C=N–C) groups is 1. The smallest absolute Gasteiger partial charge is 0.270 e. The van der Waals surface area contributed by atoms with Crippen LogP contribution in [0.1, 0.15) is 11.1 Å². The lowest BCUT2D eigenvalue weighted by Gasteiger charge is -2.01. The van der Waals surface area contributed by atoms with Gasteiger partial charge in [-0.1, -0.05) is 23.7 Å². The van der Waals surface area contributed by atoms with E-state index in [1.807, 2.05) is 24.3 Å². The van der Waals surface area contributed by atoms with Crippen LogP contribution in [0.4, 0.5) is 5.69 Å². The summed E-state index contributed by atoms with van der Waals surface area (Å²) in [7, 11) is 0. The van der Waals surface area contributed by atoms with Gasteiger partial charge < -0.3 is 5.11 Å². The summed E-state index contributed by atoms with van der Waals surface area (Å²) in [5, 5.41) is 21.1. The third-order valence-corrected chi connectivity index (χ3v) is 4.26. The zero-order chi connectivity index (χ0) is 16.7. The van der Waals surface area contributed by atoms with Crippen LogP contribution in [-0.2, 0) is 5.75 Å². The molecule has 23 heavy (non-hydrogen) atoms. The molecule has 0 spiro atoms. The first-order valence-corrected chi connectivity index (χ1v) is 8.39. The first-order valence-electron chi connectivity index (χ1n) is 6.85. The van der Waals surface area contributed by atoms with Gasteiger partial charge in [0.2, 0.25) is 0 Å². The van der Waals surface area contributed by atoms with Gasteiger partial charge in [-0.25, -0.2) is 0 Å². The summed E-state index contributed by atoms with van der Waals surface area (Å²) in [6, 6.07) is 11.6. The molecule has 0 aliphatic heterocycles. The molecule has 2 rings (SSSR count). The van der Waals surface area contributed by atoms with E-state index in [-0.39, 0.29) is 11.4 Å². The van der Waals surface area contributed by atoms with Gasteiger partial charge in [-0.15, -0.1) is 0 Å². The normalized spacial score (nSPS) is 11.0. The number of hydrogen-bond acceptors (Lipinski definition) is 5. The Labute approximate surface area is 143 Å². The molecule has 0 atom stereocenters. The molecular formula is C16H15ClN2O3S. The fraction of sp³-hybridized carbons (Fsp3) is 0.188. The molecule has 0 fully saturated rings. The van der Waals surface area contributed by atoms with Crippen LogP contribution < -0.4 is 0 Å². The van der Waals surface area contributed by atoms with Crippen LogP contribution in [0.2, 0.25) is 5.02 Å². The van der Waals surface area contributed by atoms with Crippen molar-refractivity contribution >= 4 is 35.3 Å². The second-order valence-corrected chi connectivity index (χ2v) is 6.26. The lowest BCUT2D eigenvalue weighted by atomic mass is 10.2. The predicted octanol–water partition coefficient (Wildman–Crippen LogP) is 4.31. The highest BCUT2D eigenvalue weighted by Crippen LogP contribution is 2.21. The summed E-state index contributed by atoms with van der Waals surface area (Å²) in [5.74, 6) is 1.66. The van der Waals surface area contributed by atoms with Gasteiger partial charge in [0, 0.05) is 47.0 Å². The largest absolute Gasteiger partial charge is 0.507 e. The Kier molecular flexibility index (Phi) is 6.43. The van der Waals surface area contributed by atoms with E-state index in [0.29, 0.717) is 12.1 Å². The van der Waals surface area contributed by atoms with Crippen molar-refractivity contribution in [2.24, 2.45) is 4.99 Å². The van der Waals surface area contributed by atoms with Crippen molar-refractivity contribution in [2.75, 3.05) is 12.3 Å². The number of aromatic hydroxyl groups is 1. The molecule has 0 saturated carbocycles. The van der Waals surface area contributed by atoms with E-state index in [4.69, 9.17) is 11.6 Å². The third-order valence-electron chi connectivity index (χ3n) is 3.00. The zero-order valence-electron chi connectivity index (χ0n) is 12.2. The van der Waals surface area contributed by atoms with Crippen molar-refractivity contribution in [3.8, 4) is 5.75 Å². The number of rotatable bonds is 7. The minimum absolute atomic E-state index is 0.0202. The second-order valence-electron chi connectivity index (χ2n) is 4.71. The maximum atomic E-state index is 10.7. The first kappa shape index (κ1) is 17.3. The highest BCUT2D eigenvalue weighted by molar-refractivity contribution is 7.98. The minimum atomic E-state index is -0.501. The van der Waals surface area contributed by atoms with Crippen LogP contribution in [0.3, 0.4) is 0 Å². The Bertz CT molecular complexity index is 705. The number of nitro groups is 1. The summed E-state index contributed by atoms with van der Waals surface area (Å²) in [6.07, 6.45) is 1.46. The van der Waals surface area contributed by atoms with E-state index in [9.17, 15) is 15.2 Å². The summed E-state index contributed by atoms with van der Waals surface area (Å²) in [4.78, 5) is 14.4. The number of benzene rings is 2. The topological polar surface area (TPSA) is 75.7 Å². The molecule has 0 unspecified atom stereocenters. The number of thioether (sulfide) groups is 1. The summed E-state index contributed by atoms with van der Waals surface area (Å²) < 4.78 is 0. The fourth-order valence-electron chi connectivity index (χ4n) is 1.81. The fourth-order valence-corrected chi connectivity index (χ4v) is 2.74. The number of phenolic OH excluding ortho intramolecular Hbond substituents is 1. The van der Waals surface area contributed by atoms with E-state index in [1.54, 1.807) is 11.8 Å². The lowest BCUT2D eigenvalue weighted by Crippen LogP contribution is -1.92. The minimum Gasteiger partial charge on any atom is -0.507 e. The zero-order valence-corrected chi connectivity index (χ0v) is 13.8. The molecule has 7 heteroatoms. The van der Waals surface area contributed by atoms with E-state index in [0.717, 1.165) is 16.5 Å². The van der Waals surface area contributed by atoms with Crippen molar-refractivity contribution in [3.63, 3.8) is 0 Å². The van der Waals surface area contributed by atoms with E-state index < -0.39 is 4.92 Å². The van der Waals surface area contributed by atoms with Gasteiger partial charge in [-0.3, -0.25) is 15.1 Å². The molecule has 2 aromatic rings. The third kappa shape index (κ3) is 5.58. The molecule has 0 amide bonds. The van der Waals surface area contributed by atoms with Crippen LogP contribution in [0, 0.1) is 10.1 Å². The van der Waals surface area contributed by atoms with E-state index >= 15 is 0 Å².